The summed E-state index contributed by atoms with van der Waals surface area (Å²) in [6.45, 7) is 7.98. The first kappa shape index (κ1) is 30.4. The minimum absolute atomic E-state index is 0.0138. The summed E-state index contributed by atoms with van der Waals surface area (Å²) in [7, 11) is 1.58. The number of hydrogen-bond donors (Lipinski definition) is 3. The van der Waals surface area contributed by atoms with Crippen molar-refractivity contribution in [3.05, 3.63) is 65.7 Å². The van der Waals surface area contributed by atoms with Crippen LogP contribution in [0.4, 0.5) is 11.5 Å². The molecular weight excluding hydrogens is 542 g/mol. The molecule has 0 aliphatic carbocycles. The Morgan fingerprint density at radius 2 is 1.63 bits per heavy atom. The molecular formula is C33H43N7O3. The Morgan fingerprint density at radius 3 is 2.35 bits per heavy atom. The van der Waals surface area contributed by atoms with E-state index < -0.39 is 0 Å². The number of fused-ring (bicyclic) bond motifs is 1. The van der Waals surface area contributed by atoms with E-state index in [2.05, 4.69) is 63.0 Å². The van der Waals surface area contributed by atoms with Gasteiger partial charge < -0.3 is 25.8 Å². The standard InChI is InChI=1S/C33H43N7O3/c1-24-20-30(39-16-18-40(19-17-39)33(43)11-10-31(41)34-2)37-29-9-8-27(21-28(24)29)36-32(42)22-35-26-12-14-38(15-13-26)23-25-6-4-3-5-7-25/h3-9,20-21,26,35H,10-19,22-23H2,1-2H3,(H,34,41)(H,36,42). The second-order valence-corrected chi connectivity index (χ2v) is 11.5. The number of hydrogen-bond acceptors (Lipinski definition) is 7. The maximum Gasteiger partial charge on any atom is 0.238 e. The molecule has 0 saturated carbocycles. The Bertz CT molecular complexity index is 1410. The molecule has 3 heterocycles. The molecule has 228 valence electrons. The van der Waals surface area contributed by atoms with Crippen LogP contribution in [-0.2, 0) is 20.9 Å². The van der Waals surface area contributed by atoms with Crippen LogP contribution in [0.5, 0.6) is 0 Å². The topological polar surface area (TPSA) is 110 Å². The Morgan fingerprint density at radius 1 is 0.884 bits per heavy atom. The molecule has 2 aliphatic heterocycles. The van der Waals surface area contributed by atoms with Gasteiger partial charge in [0.2, 0.25) is 17.7 Å². The third-order valence-corrected chi connectivity index (χ3v) is 8.47. The van der Waals surface area contributed by atoms with Crippen molar-refractivity contribution < 1.29 is 14.4 Å². The molecule has 0 unspecified atom stereocenters. The van der Waals surface area contributed by atoms with E-state index in [1.165, 1.54) is 5.56 Å². The lowest BCUT2D eigenvalue weighted by atomic mass is 10.0. The van der Waals surface area contributed by atoms with Gasteiger partial charge in [0.25, 0.3) is 0 Å². The first-order chi connectivity index (χ1) is 20.9. The molecule has 0 bridgehead atoms. The van der Waals surface area contributed by atoms with E-state index in [1.807, 2.05) is 29.2 Å². The minimum atomic E-state index is -0.117. The predicted molar refractivity (Wildman–Crippen MR) is 170 cm³/mol. The van der Waals surface area contributed by atoms with Crippen LogP contribution in [0.3, 0.4) is 0 Å². The van der Waals surface area contributed by atoms with Crippen molar-refractivity contribution in [2.75, 3.05) is 63.1 Å². The van der Waals surface area contributed by atoms with Crippen molar-refractivity contribution >= 4 is 40.1 Å². The Kier molecular flexibility index (Phi) is 10.2. The summed E-state index contributed by atoms with van der Waals surface area (Å²) in [5.74, 6) is 0.738. The molecule has 2 aliphatic rings. The van der Waals surface area contributed by atoms with Gasteiger partial charge in [0.15, 0.2) is 0 Å². The number of benzene rings is 2. The number of amides is 3. The number of likely N-dealkylation sites (tertiary alicyclic amines) is 1. The number of carbonyl (C=O) groups excluding carboxylic acids is 3. The fraction of sp³-hybridized carbons (Fsp3) is 0.455. The van der Waals surface area contributed by atoms with Gasteiger partial charge in [-0.05, 0) is 68.2 Å². The highest BCUT2D eigenvalue weighted by molar-refractivity contribution is 5.95. The molecule has 0 radical (unpaired) electrons. The molecule has 43 heavy (non-hydrogen) atoms. The zero-order chi connectivity index (χ0) is 30.2. The Balaban J connectivity index is 1.08. The molecule has 2 saturated heterocycles. The van der Waals surface area contributed by atoms with Crippen molar-refractivity contribution in [1.82, 2.24) is 25.4 Å². The molecule has 5 rings (SSSR count). The molecule has 3 aromatic rings. The first-order valence-corrected chi connectivity index (χ1v) is 15.3. The smallest absolute Gasteiger partial charge is 0.238 e. The number of aromatic nitrogens is 1. The molecule has 3 amide bonds. The number of rotatable bonds is 10. The lowest BCUT2D eigenvalue weighted by Crippen LogP contribution is -2.49. The van der Waals surface area contributed by atoms with Crippen LogP contribution >= 0.6 is 0 Å². The number of aryl methyl sites for hydroxylation is 1. The normalized spacial score (nSPS) is 16.3. The van der Waals surface area contributed by atoms with E-state index in [0.29, 0.717) is 32.2 Å². The average Bonchev–Trinajstić information content (AvgIpc) is 3.04. The van der Waals surface area contributed by atoms with E-state index in [9.17, 15) is 14.4 Å². The van der Waals surface area contributed by atoms with E-state index in [1.54, 1.807) is 7.05 Å². The number of carbonyl (C=O) groups is 3. The number of nitrogens with zero attached hydrogens (tertiary/aromatic N) is 4. The summed E-state index contributed by atoms with van der Waals surface area (Å²) in [5.41, 5.74) is 4.06. The van der Waals surface area contributed by atoms with Gasteiger partial charge in [-0.15, -0.1) is 0 Å². The van der Waals surface area contributed by atoms with Crippen LogP contribution in [0.1, 0.15) is 36.8 Å². The molecule has 1 aromatic heterocycles. The Labute approximate surface area is 253 Å². The van der Waals surface area contributed by atoms with Crippen LogP contribution in [-0.4, -0.2) is 91.4 Å². The largest absolute Gasteiger partial charge is 0.359 e. The molecule has 3 N–H and O–H groups in total. The summed E-state index contributed by atoms with van der Waals surface area (Å²) < 4.78 is 0. The van der Waals surface area contributed by atoms with Crippen molar-refractivity contribution in [3.63, 3.8) is 0 Å². The summed E-state index contributed by atoms with van der Waals surface area (Å²) in [6, 6.07) is 18.8. The van der Waals surface area contributed by atoms with Crippen LogP contribution in [0, 0.1) is 6.92 Å². The highest BCUT2D eigenvalue weighted by Gasteiger charge is 2.23. The molecule has 10 nitrogen and oxygen atoms in total. The molecule has 0 atom stereocenters. The quantitative estimate of drug-likeness (QED) is 0.336. The van der Waals surface area contributed by atoms with Gasteiger partial charge in [-0.2, -0.15) is 0 Å². The van der Waals surface area contributed by atoms with Crippen molar-refractivity contribution in [3.8, 4) is 0 Å². The van der Waals surface area contributed by atoms with Gasteiger partial charge in [0.1, 0.15) is 5.82 Å². The number of anilines is 2. The maximum absolute atomic E-state index is 12.8. The highest BCUT2D eigenvalue weighted by Crippen LogP contribution is 2.26. The average molecular weight is 586 g/mol. The summed E-state index contributed by atoms with van der Waals surface area (Å²) in [6.07, 6.45) is 2.52. The van der Waals surface area contributed by atoms with Crippen molar-refractivity contribution in [1.29, 1.82) is 0 Å². The van der Waals surface area contributed by atoms with Gasteiger partial charge in [0.05, 0.1) is 12.1 Å². The SMILES string of the molecule is CNC(=O)CCC(=O)N1CCN(c2cc(C)c3cc(NC(=O)CNC4CCN(Cc5ccccc5)CC4)ccc3n2)CC1. The maximum atomic E-state index is 12.8. The van der Waals surface area contributed by atoms with Crippen LogP contribution in [0.15, 0.2) is 54.6 Å². The van der Waals surface area contributed by atoms with Gasteiger partial charge in [0, 0.05) is 69.7 Å². The fourth-order valence-corrected chi connectivity index (χ4v) is 5.88. The third kappa shape index (κ3) is 8.30. The van der Waals surface area contributed by atoms with Crippen LogP contribution in [0.2, 0.25) is 0 Å². The fourth-order valence-electron chi connectivity index (χ4n) is 5.88. The van der Waals surface area contributed by atoms with E-state index >= 15 is 0 Å². The molecule has 2 aromatic carbocycles. The lowest BCUT2D eigenvalue weighted by molar-refractivity contribution is -0.133. The number of piperidine rings is 1. The second kappa shape index (κ2) is 14.4. The van der Waals surface area contributed by atoms with Crippen molar-refractivity contribution in [2.45, 2.75) is 45.2 Å². The summed E-state index contributed by atoms with van der Waals surface area (Å²) in [4.78, 5) is 48.1. The Hall–Kier alpha value is -4.02. The summed E-state index contributed by atoms with van der Waals surface area (Å²) in [5, 5.41) is 10.0. The van der Waals surface area contributed by atoms with Gasteiger partial charge in [-0.3, -0.25) is 19.3 Å². The number of piperazine rings is 1. The molecule has 0 spiro atoms. The summed E-state index contributed by atoms with van der Waals surface area (Å²) >= 11 is 0. The zero-order valence-electron chi connectivity index (χ0n) is 25.3. The highest BCUT2D eigenvalue weighted by atomic mass is 16.2. The van der Waals surface area contributed by atoms with Crippen molar-refractivity contribution in [2.24, 2.45) is 0 Å². The predicted octanol–water partition coefficient (Wildman–Crippen LogP) is 2.91. The van der Waals surface area contributed by atoms with Gasteiger partial charge >= 0.3 is 0 Å². The van der Waals surface area contributed by atoms with E-state index in [0.717, 1.165) is 60.4 Å². The lowest BCUT2D eigenvalue weighted by Gasteiger charge is -2.35. The van der Waals surface area contributed by atoms with Crippen LogP contribution in [0.25, 0.3) is 10.9 Å². The zero-order valence-corrected chi connectivity index (χ0v) is 25.3. The second-order valence-electron chi connectivity index (χ2n) is 11.5. The molecule has 10 heteroatoms. The first-order valence-electron chi connectivity index (χ1n) is 15.3. The van der Waals surface area contributed by atoms with Crippen LogP contribution < -0.4 is 20.9 Å². The number of pyridine rings is 1. The third-order valence-electron chi connectivity index (χ3n) is 8.47. The number of nitrogens with one attached hydrogen (secondary N) is 3. The van der Waals surface area contributed by atoms with E-state index in [-0.39, 0.29) is 37.1 Å². The minimum Gasteiger partial charge on any atom is -0.359 e. The van der Waals surface area contributed by atoms with Gasteiger partial charge in [-0.25, -0.2) is 4.98 Å². The monoisotopic (exact) mass is 585 g/mol. The van der Waals surface area contributed by atoms with Gasteiger partial charge in [-0.1, -0.05) is 30.3 Å². The molecule has 2 fully saturated rings. The van der Waals surface area contributed by atoms with E-state index in [4.69, 9.17) is 4.98 Å².